The van der Waals surface area contributed by atoms with Crippen molar-refractivity contribution in [3.05, 3.63) is 42.8 Å². The molecule has 0 saturated heterocycles. The van der Waals surface area contributed by atoms with E-state index in [2.05, 4.69) is 25.1 Å². The van der Waals surface area contributed by atoms with Crippen LogP contribution in [-0.2, 0) is 6.42 Å². The Morgan fingerprint density at radius 2 is 2.27 bits per heavy atom. The minimum Gasteiger partial charge on any atom is -0.343 e. The van der Waals surface area contributed by atoms with Gasteiger partial charge in [-0.2, -0.15) is 6.42 Å². The summed E-state index contributed by atoms with van der Waals surface area (Å²) >= 11 is 0. The van der Waals surface area contributed by atoms with E-state index in [-0.39, 0.29) is 18.9 Å². The molecule has 0 spiro atoms. The number of unbranched alkanes of at least 4 members (excludes halogenated alkanes) is 1. The molecule has 0 atom stereocenters. The van der Waals surface area contributed by atoms with Gasteiger partial charge in [0.25, 0.3) is 0 Å². The van der Waals surface area contributed by atoms with Crippen LogP contribution in [0.2, 0.25) is 0 Å². The van der Waals surface area contributed by atoms with Crippen LogP contribution in [0.4, 0.5) is 0 Å². The molecule has 1 heteroatoms. The Kier molecular flexibility index (Phi) is 6.14. The second-order valence-corrected chi connectivity index (χ2v) is 2.28. The zero-order chi connectivity index (χ0) is 7.23. The molecule has 1 aromatic rings. The van der Waals surface area contributed by atoms with E-state index in [1.165, 1.54) is 5.56 Å². The molecule has 11 heavy (non-hydrogen) atoms. The van der Waals surface area contributed by atoms with Crippen molar-refractivity contribution in [3.63, 3.8) is 0 Å². The summed E-state index contributed by atoms with van der Waals surface area (Å²) in [6.07, 6.45) is 3.23. The fraction of sp³-hybridized carbons (Fsp3) is 0.300. The van der Waals surface area contributed by atoms with Crippen LogP contribution >= 0.6 is 0 Å². The summed E-state index contributed by atoms with van der Waals surface area (Å²) in [5.41, 5.74) is 1.24. The Balaban J connectivity index is 0.000001000. The van der Waals surface area contributed by atoms with E-state index in [9.17, 15) is 0 Å². The van der Waals surface area contributed by atoms with Gasteiger partial charge in [-0.3, -0.25) is 0 Å². The predicted molar refractivity (Wildman–Crippen MR) is 42.4 cm³/mol. The molecule has 0 amide bonds. The van der Waals surface area contributed by atoms with Gasteiger partial charge in [0.2, 0.25) is 0 Å². The van der Waals surface area contributed by atoms with Crippen LogP contribution in [0.5, 0.6) is 0 Å². The summed E-state index contributed by atoms with van der Waals surface area (Å²) in [6, 6.07) is 11.9. The van der Waals surface area contributed by atoms with Crippen molar-refractivity contribution in [2.45, 2.75) is 19.3 Å². The van der Waals surface area contributed by atoms with Crippen LogP contribution in [0.25, 0.3) is 0 Å². The van der Waals surface area contributed by atoms with Crippen molar-refractivity contribution >= 4 is 0 Å². The molecule has 0 radical (unpaired) electrons. The first-order valence-corrected chi connectivity index (χ1v) is 3.60. The normalized spacial score (nSPS) is 8.09. The molecule has 52 valence electrons. The summed E-state index contributed by atoms with van der Waals surface area (Å²) in [5, 5.41) is 0. The predicted octanol–water partition coefficient (Wildman–Crippen LogP) is -0.552. The minimum absolute atomic E-state index is 0. The molecule has 0 aliphatic heterocycles. The molecule has 0 aliphatic carbocycles. The van der Waals surface area contributed by atoms with Crippen LogP contribution in [0.3, 0.4) is 0 Å². The maximum absolute atomic E-state index is 3.78. The summed E-state index contributed by atoms with van der Waals surface area (Å²) in [7, 11) is 0. The number of aryl methyl sites for hydroxylation is 1. The van der Waals surface area contributed by atoms with Gasteiger partial charge in [-0.25, -0.2) is 0 Å². The van der Waals surface area contributed by atoms with Gasteiger partial charge in [0, 0.05) is 5.56 Å². The Labute approximate surface area is 81.2 Å². The van der Waals surface area contributed by atoms with E-state index >= 15 is 0 Å². The van der Waals surface area contributed by atoms with Crippen molar-refractivity contribution in [1.82, 2.24) is 0 Å². The van der Waals surface area contributed by atoms with Gasteiger partial charge in [0.15, 0.2) is 0 Å². The second kappa shape index (κ2) is 6.35. The van der Waals surface area contributed by atoms with E-state index < -0.39 is 0 Å². The van der Waals surface area contributed by atoms with Crippen LogP contribution < -0.4 is 18.9 Å². The molecule has 0 fully saturated rings. The van der Waals surface area contributed by atoms with Gasteiger partial charge in [-0.05, 0) is 12.5 Å². The molecule has 0 N–H and O–H groups in total. The van der Waals surface area contributed by atoms with Gasteiger partial charge >= 0.3 is 18.9 Å². The van der Waals surface area contributed by atoms with Crippen LogP contribution in [0.1, 0.15) is 18.4 Å². The van der Waals surface area contributed by atoms with Crippen molar-refractivity contribution < 1.29 is 18.9 Å². The smallest absolute Gasteiger partial charge is 0.343 e. The number of rotatable bonds is 3. The maximum Gasteiger partial charge on any atom is 1.00 e. The topological polar surface area (TPSA) is 0 Å². The van der Waals surface area contributed by atoms with Crippen molar-refractivity contribution in [2.75, 3.05) is 0 Å². The number of hydrogen-bond acceptors (Lipinski definition) is 0. The standard InChI is InChI=1S/C10H11.Li/c1-2-3-7-10-8-5-4-6-9-10;/h4-5,8H,1-3,7H2;/q-1;+1. The summed E-state index contributed by atoms with van der Waals surface area (Å²) < 4.78 is 0. The summed E-state index contributed by atoms with van der Waals surface area (Å²) in [4.78, 5) is 0. The minimum atomic E-state index is 0. The van der Waals surface area contributed by atoms with E-state index in [0.717, 1.165) is 19.3 Å². The third-order valence-electron chi connectivity index (χ3n) is 1.41. The Morgan fingerprint density at radius 1 is 1.45 bits per heavy atom. The number of hydrogen-bond donors (Lipinski definition) is 0. The molecular weight excluding hydrogens is 127 g/mol. The van der Waals surface area contributed by atoms with Crippen LogP contribution in [0.15, 0.2) is 18.2 Å². The van der Waals surface area contributed by atoms with Crippen molar-refractivity contribution in [3.8, 4) is 0 Å². The molecule has 0 nitrogen and oxygen atoms in total. The second-order valence-electron chi connectivity index (χ2n) is 2.28. The average molecular weight is 138 g/mol. The fourth-order valence-corrected chi connectivity index (χ4v) is 0.850. The maximum atomic E-state index is 3.78. The van der Waals surface area contributed by atoms with Gasteiger partial charge in [-0.15, -0.1) is 0 Å². The van der Waals surface area contributed by atoms with Crippen molar-refractivity contribution in [2.24, 2.45) is 0 Å². The zero-order valence-corrected chi connectivity index (χ0v) is 7.06. The van der Waals surface area contributed by atoms with Gasteiger partial charge in [0.05, 0.1) is 0 Å². The Bertz CT molecular complexity index is 169. The first-order valence-electron chi connectivity index (χ1n) is 3.60. The van der Waals surface area contributed by atoms with E-state index in [4.69, 9.17) is 0 Å². The molecule has 0 aliphatic rings. The quantitative estimate of drug-likeness (QED) is 0.388. The molecular formula is C10H11Li. The fourth-order valence-electron chi connectivity index (χ4n) is 0.850. The SMILES string of the molecule is [CH2-]CCCc1c#cccc1.[Li+]. The third-order valence-corrected chi connectivity index (χ3v) is 1.41. The molecule has 0 bridgehead atoms. The van der Waals surface area contributed by atoms with E-state index in [1.54, 1.807) is 0 Å². The Morgan fingerprint density at radius 3 is 2.82 bits per heavy atom. The van der Waals surface area contributed by atoms with Gasteiger partial charge in [-0.1, -0.05) is 30.7 Å². The van der Waals surface area contributed by atoms with E-state index in [1.807, 2.05) is 12.1 Å². The molecule has 0 saturated carbocycles. The van der Waals surface area contributed by atoms with Crippen molar-refractivity contribution in [1.29, 1.82) is 0 Å². The molecule has 1 rings (SSSR count). The molecule has 0 unspecified atom stereocenters. The van der Waals surface area contributed by atoms with E-state index in [0.29, 0.717) is 0 Å². The first-order chi connectivity index (χ1) is 4.93. The third kappa shape index (κ3) is 4.15. The monoisotopic (exact) mass is 138 g/mol. The first kappa shape index (κ1) is 10.6. The van der Waals surface area contributed by atoms with Crippen LogP contribution in [0, 0.1) is 19.1 Å². The largest absolute Gasteiger partial charge is 1.00 e. The summed E-state index contributed by atoms with van der Waals surface area (Å²) in [5.74, 6) is 0. The Hall–Kier alpha value is -0.363. The zero-order valence-electron chi connectivity index (χ0n) is 7.06. The average Bonchev–Trinajstić information content (AvgIpc) is 2.03. The molecule has 0 aromatic heterocycles. The van der Waals surface area contributed by atoms with Gasteiger partial charge < -0.3 is 6.92 Å². The van der Waals surface area contributed by atoms with Gasteiger partial charge in [0.1, 0.15) is 0 Å². The summed E-state index contributed by atoms with van der Waals surface area (Å²) in [6.45, 7) is 3.78. The molecule has 1 aromatic carbocycles. The van der Waals surface area contributed by atoms with Crippen LogP contribution in [-0.4, -0.2) is 0 Å². The molecule has 0 heterocycles.